The predicted octanol–water partition coefficient (Wildman–Crippen LogP) is 5.92. The van der Waals surface area contributed by atoms with Gasteiger partial charge in [-0.25, -0.2) is 4.98 Å². The maximum atomic E-state index is 13.8. The van der Waals surface area contributed by atoms with Crippen molar-refractivity contribution in [1.29, 1.82) is 5.26 Å². The van der Waals surface area contributed by atoms with Gasteiger partial charge in [-0.3, -0.25) is 0 Å². The highest BCUT2D eigenvalue weighted by molar-refractivity contribution is 7.99. The Hall–Kier alpha value is -3.38. The average molecular weight is 489 g/mol. The van der Waals surface area contributed by atoms with Crippen LogP contribution in [0.5, 0.6) is 17.2 Å². The minimum absolute atomic E-state index is 0.0707. The average Bonchev–Trinajstić information content (AvgIpc) is 2.83. The van der Waals surface area contributed by atoms with E-state index in [9.17, 15) is 18.4 Å². The molecule has 0 saturated carbocycles. The standard InChI is InChI=1S/C25H23F3N2O3S/c1-31-19-7-4-16(5-8-19)10-11-34-24-20(15-29)21(25(26,27)28)14-18(30-24)12-17-6-9-22(32-2)23(13-17)33-3/h4-9,13-14H,10-12H2,1-3H3. The third kappa shape index (κ3) is 6.14. The summed E-state index contributed by atoms with van der Waals surface area (Å²) in [4.78, 5) is 4.42. The lowest BCUT2D eigenvalue weighted by molar-refractivity contribution is -0.138. The summed E-state index contributed by atoms with van der Waals surface area (Å²) in [7, 11) is 4.57. The fourth-order valence-electron chi connectivity index (χ4n) is 3.36. The molecule has 0 aliphatic rings. The number of rotatable bonds is 9. The van der Waals surface area contributed by atoms with E-state index in [0.717, 1.165) is 29.1 Å². The molecule has 0 saturated heterocycles. The van der Waals surface area contributed by atoms with Gasteiger partial charge in [0.2, 0.25) is 0 Å². The molecule has 0 amide bonds. The van der Waals surface area contributed by atoms with E-state index in [2.05, 4.69) is 4.98 Å². The quantitative estimate of drug-likeness (QED) is 0.348. The highest BCUT2D eigenvalue weighted by Gasteiger charge is 2.36. The number of aromatic nitrogens is 1. The molecule has 0 radical (unpaired) electrons. The second-order valence-electron chi connectivity index (χ2n) is 7.26. The van der Waals surface area contributed by atoms with Gasteiger partial charge >= 0.3 is 6.18 Å². The molecule has 1 aromatic heterocycles. The van der Waals surface area contributed by atoms with Crippen molar-refractivity contribution in [3.05, 3.63) is 76.5 Å². The zero-order valence-electron chi connectivity index (χ0n) is 18.9. The van der Waals surface area contributed by atoms with Crippen LogP contribution < -0.4 is 14.2 Å². The van der Waals surface area contributed by atoms with Crippen molar-refractivity contribution in [1.82, 2.24) is 4.98 Å². The second kappa shape index (κ2) is 11.2. The number of alkyl halides is 3. The van der Waals surface area contributed by atoms with Crippen molar-refractivity contribution in [2.45, 2.75) is 24.0 Å². The summed E-state index contributed by atoms with van der Waals surface area (Å²) in [6.07, 6.45) is -3.94. The van der Waals surface area contributed by atoms with Crippen LogP contribution in [0.3, 0.4) is 0 Å². The van der Waals surface area contributed by atoms with Crippen LogP contribution in [0.25, 0.3) is 0 Å². The van der Waals surface area contributed by atoms with Gasteiger partial charge in [0.25, 0.3) is 0 Å². The van der Waals surface area contributed by atoms with Crippen LogP contribution in [0.1, 0.15) is 27.9 Å². The zero-order valence-corrected chi connectivity index (χ0v) is 19.7. The number of nitriles is 1. The van der Waals surface area contributed by atoms with Crippen molar-refractivity contribution in [3.63, 3.8) is 0 Å². The summed E-state index contributed by atoms with van der Waals surface area (Å²) in [5.74, 6) is 2.18. The number of benzene rings is 2. The van der Waals surface area contributed by atoms with Crippen LogP contribution in [0.15, 0.2) is 53.6 Å². The SMILES string of the molecule is COc1ccc(CCSc2nc(Cc3ccc(OC)c(OC)c3)cc(C(F)(F)F)c2C#N)cc1. The number of hydrogen-bond donors (Lipinski definition) is 0. The van der Waals surface area contributed by atoms with Crippen molar-refractivity contribution >= 4 is 11.8 Å². The van der Waals surface area contributed by atoms with E-state index in [1.807, 2.05) is 24.3 Å². The first kappa shape index (κ1) is 25.2. The first-order valence-electron chi connectivity index (χ1n) is 10.3. The number of ether oxygens (including phenoxy) is 3. The highest BCUT2D eigenvalue weighted by atomic mass is 32.2. The Morgan fingerprint density at radius 2 is 1.59 bits per heavy atom. The zero-order chi connectivity index (χ0) is 24.7. The van der Waals surface area contributed by atoms with Crippen molar-refractivity contribution in [2.75, 3.05) is 27.1 Å². The largest absolute Gasteiger partial charge is 0.497 e. The summed E-state index contributed by atoms with van der Waals surface area (Å²) in [6.45, 7) is 0. The van der Waals surface area contributed by atoms with E-state index < -0.39 is 17.3 Å². The molecule has 1 heterocycles. The molecule has 3 rings (SSSR count). The van der Waals surface area contributed by atoms with Crippen LogP contribution in [0.2, 0.25) is 0 Å². The number of methoxy groups -OCH3 is 3. The first-order valence-corrected chi connectivity index (χ1v) is 11.3. The highest BCUT2D eigenvalue weighted by Crippen LogP contribution is 2.37. The molecule has 0 unspecified atom stereocenters. The molecule has 0 aliphatic heterocycles. The Morgan fingerprint density at radius 1 is 0.912 bits per heavy atom. The molecule has 34 heavy (non-hydrogen) atoms. The van der Waals surface area contributed by atoms with Crippen LogP contribution in [0.4, 0.5) is 13.2 Å². The maximum absolute atomic E-state index is 13.8. The fourth-order valence-corrected chi connectivity index (χ4v) is 4.37. The molecule has 0 bridgehead atoms. The lowest BCUT2D eigenvalue weighted by atomic mass is 10.0. The summed E-state index contributed by atoms with van der Waals surface area (Å²) in [5, 5.41) is 9.57. The van der Waals surface area contributed by atoms with E-state index in [1.54, 1.807) is 31.4 Å². The first-order chi connectivity index (χ1) is 16.3. The van der Waals surface area contributed by atoms with Gasteiger partial charge in [-0.1, -0.05) is 18.2 Å². The molecule has 0 aliphatic carbocycles. The van der Waals surface area contributed by atoms with Crippen LogP contribution >= 0.6 is 11.8 Å². The lowest BCUT2D eigenvalue weighted by Crippen LogP contribution is -2.12. The van der Waals surface area contributed by atoms with Gasteiger partial charge < -0.3 is 14.2 Å². The second-order valence-corrected chi connectivity index (χ2v) is 8.35. The van der Waals surface area contributed by atoms with Gasteiger partial charge in [0.05, 0.1) is 32.5 Å². The van der Waals surface area contributed by atoms with Crippen LogP contribution in [-0.2, 0) is 19.0 Å². The van der Waals surface area contributed by atoms with E-state index in [0.29, 0.717) is 29.2 Å². The van der Waals surface area contributed by atoms with Crippen LogP contribution in [0, 0.1) is 11.3 Å². The smallest absolute Gasteiger partial charge is 0.417 e. The van der Waals surface area contributed by atoms with E-state index >= 15 is 0 Å². The van der Waals surface area contributed by atoms with Gasteiger partial charge in [0, 0.05) is 17.9 Å². The molecule has 0 spiro atoms. The third-order valence-corrected chi connectivity index (χ3v) is 6.06. The molecule has 0 atom stereocenters. The monoisotopic (exact) mass is 488 g/mol. The minimum Gasteiger partial charge on any atom is -0.497 e. The molecule has 5 nitrogen and oxygen atoms in total. The number of hydrogen-bond acceptors (Lipinski definition) is 6. The third-order valence-electron chi connectivity index (χ3n) is 5.08. The molecular formula is C25H23F3N2O3S. The summed E-state index contributed by atoms with van der Waals surface area (Å²) in [6, 6.07) is 15.2. The van der Waals surface area contributed by atoms with Gasteiger partial charge in [-0.15, -0.1) is 11.8 Å². The van der Waals surface area contributed by atoms with Gasteiger partial charge in [0.15, 0.2) is 11.5 Å². The molecule has 0 fully saturated rings. The van der Waals surface area contributed by atoms with E-state index in [4.69, 9.17) is 14.2 Å². The van der Waals surface area contributed by atoms with Crippen molar-refractivity contribution < 1.29 is 27.4 Å². The lowest BCUT2D eigenvalue weighted by Gasteiger charge is -2.15. The molecule has 0 N–H and O–H groups in total. The van der Waals surface area contributed by atoms with Crippen molar-refractivity contribution in [2.24, 2.45) is 0 Å². The molecule has 2 aromatic carbocycles. The fraction of sp³-hybridized carbons (Fsp3) is 0.280. The predicted molar refractivity (Wildman–Crippen MR) is 124 cm³/mol. The Morgan fingerprint density at radius 3 is 2.18 bits per heavy atom. The molecule has 178 valence electrons. The molecule has 3 aromatic rings. The number of nitrogens with zero attached hydrogens (tertiary/aromatic N) is 2. The summed E-state index contributed by atoms with van der Waals surface area (Å²) < 4.78 is 57.0. The summed E-state index contributed by atoms with van der Waals surface area (Å²) >= 11 is 1.14. The minimum atomic E-state index is -4.67. The van der Waals surface area contributed by atoms with Crippen LogP contribution in [-0.4, -0.2) is 32.1 Å². The Balaban J connectivity index is 1.88. The molecule has 9 heteroatoms. The normalized spacial score (nSPS) is 11.1. The number of pyridine rings is 1. The Bertz CT molecular complexity index is 1180. The van der Waals surface area contributed by atoms with Gasteiger partial charge in [-0.05, 0) is 47.9 Å². The topological polar surface area (TPSA) is 64.4 Å². The number of thioether (sulfide) groups is 1. The number of halogens is 3. The Kier molecular flexibility index (Phi) is 8.29. The Labute approximate surface area is 200 Å². The molecular weight excluding hydrogens is 465 g/mol. The van der Waals surface area contributed by atoms with Crippen molar-refractivity contribution in [3.8, 4) is 23.3 Å². The van der Waals surface area contributed by atoms with E-state index in [1.165, 1.54) is 14.2 Å². The maximum Gasteiger partial charge on any atom is 0.417 e. The van der Waals surface area contributed by atoms with Gasteiger partial charge in [-0.2, -0.15) is 18.4 Å². The summed E-state index contributed by atoms with van der Waals surface area (Å²) in [5.41, 5.74) is 0.489. The number of aryl methyl sites for hydroxylation is 1. The van der Waals surface area contributed by atoms with E-state index in [-0.39, 0.29) is 17.1 Å². The van der Waals surface area contributed by atoms with Gasteiger partial charge in [0.1, 0.15) is 16.8 Å².